The van der Waals surface area contributed by atoms with Crippen LogP contribution in [-0.2, 0) is 0 Å². The van der Waals surface area contributed by atoms with E-state index >= 15 is 0 Å². The summed E-state index contributed by atoms with van der Waals surface area (Å²) < 4.78 is 5.64. The Morgan fingerprint density at radius 3 is 2.76 bits per heavy atom. The Bertz CT molecular complexity index is 771. The molecule has 0 unspecified atom stereocenters. The molecule has 0 aliphatic carbocycles. The van der Waals surface area contributed by atoms with Crippen molar-refractivity contribution in [2.24, 2.45) is 0 Å². The number of nitrogens with two attached hydrogens (primary N) is 1. The molecular formula is C17H17N3O. The van der Waals surface area contributed by atoms with Crippen molar-refractivity contribution in [2.45, 2.75) is 6.92 Å². The van der Waals surface area contributed by atoms with E-state index < -0.39 is 0 Å². The minimum atomic E-state index is 0.628. The van der Waals surface area contributed by atoms with Gasteiger partial charge in [0.15, 0.2) is 0 Å². The van der Waals surface area contributed by atoms with E-state index in [1.165, 1.54) is 0 Å². The number of nitrogens with one attached hydrogen (secondary N) is 1. The molecule has 0 fully saturated rings. The fourth-order valence-corrected chi connectivity index (χ4v) is 2.30. The smallest absolute Gasteiger partial charge is 0.142 e. The normalized spacial score (nSPS) is 10.5. The monoisotopic (exact) mass is 279 g/mol. The number of anilines is 3. The van der Waals surface area contributed by atoms with Gasteiger partial charge in [-0.1, -0.05) is 24.3 Å². The van der Waals surface area contributed by atoms with E-state index in [0.29, 0.717) is 12.3 Å². The zero-order chi connectivity index (χ0) is 14.7. The summed E-state index contributed by atoms with van der Waals surface area (Å²) in [5.41, 5.74) is 9.34. The van der Waals surface area contributed by atoms with E-state index in [9.17, 15) is 0 Å². The molecule has 0 saturated carbocycles. The Kier molecular flexibility index (Phi) is 3.60. The quantitative estimate of drug-likeness (QED) is 0.710. The average Bonchev–Trinajstić information content (AvgIpc) is 2.51. The van der Waals surface area contributed by atoms with Crippen molar-refractivity contribution in [3.8, 4) is 5.75 Å². The number of hydrogen-bond donors (Lipinski definition) is 2. The van der Waals surface area contributed by atoms with Gasteiger partial charge in [0.1, 0.15) is 5.75 Å². The summed E-state index contributed by atoms with van der Waals surface area (Å²) in [7, 11) is 0. The number of nitrogens with zero attached hydrogens (tertiary/aromatic N) is 1. The number of pyridine rings is 1. The lowest BCUT2D eigenvalue weighted by molar-refractivity contribution is 0.342. The number of ether oxygens (including phenoxy) is 1. The number of hydrogen-bond acceptors (Lipinski definition) is 4. The van der Waals surface area contributed by atoms with Crippen molar-refractivity contribution in [2.75, 3.05) is 17.7 Å². The topological polar surface area (TPSA) is 60.2 Å². The maximum atomic E-state index is 5.98. The van der Waals surface area contributed by atoms with E-state index in [1.807, 2.05) is 55.5 Å². The maximum Gasteiger partial charge on any atom is 0.142 e. The van der Waals surface area contributed by atoms with Crippen LogP contribution in [0.15, 0.2) is 54.7 Å². The fraction of sp³-hybridized carbons (Fsp3) is 0.118. The third-order valence-electron chi connectivity index (χ3n) is 3.26. The van der Waals surface area contributed by atoms with Gasteiger partial charge in [0, 0.05) is 17.3 Å². The Hall–Kier alpha value is -2.75. The highest BCUT2D eigenvalue weighted by molar-refractivity contribution is 5.99. The highest BCUT2D eigenvalue weighted by Crippen LogP contribution is 2.32. The largest absolute Gasteiger partial charge is 0.492 e. The summed E-state index contributed by atoms with van der Waals surface area (Å²) in [4.78, 5) is 4.35. The SMILES string of the molecule is CCOc1ccccc1Nc1ccnc2c(N)cccc12. The van der Waals surface area contributed by atoms with Crippen LogP contribution < -0.4 is 15.8 Å². The zero-order valence-corrected chi connectivity index (χ0v) is 11.8. The van der Waals surface area contributed by atoms with Crippen LogP contribution >= 0.6 is 0 Å². The average molecular weight is 279 g/mol. The summed E-state index contributed by atoms with van der Waals surface area (Å²) >= 11 is 0. The van der Waals surface area contributed by atoms with Gasteiger partial charge < -0.3 is 15.8 Å². The van der Waals surface area contributed by atoms with Gasteiger partial charge in [-0.2, -0.15) is 0 Å². The van der Waals surface area contributed by atoms with Crippen molar-refractivity contribution < 1.29 is 4.74 Å². The van der Waals surface area contributed by atoms with Crippen LogP contribution in [0.25, 0.3) is 10.9 Å². The Labute approximate surface area is 123 Å². The summed E-state index contributed by atoms with van der Waals surface area (Å²) in [6.07, 6.45) is 1.75. The van der Waals surface area contributed by atoms with Gasteiger partial charge in [-0.05, 0) is 31.2 Å². The van der Waals surface area contributed by atoms with Gasteiger partial charge in [0.05, 0.1) is 23.5 Å². The van der Waals surface area contributed by atoms with Crippen molar-refractivity contribution in [3.05, 3.63) is 54.7 Å². The molecule has 4 heteroatoms. The first-order chi connectivity index (χ1) is 10.3. The molecule has 3 aromatic rings. The van der Waals surface area contributed by atoms with Crippen LogP contribution in [-0.4, -0.2) is 11.6 Å². The van der Waals surface area contributed by atoms with E-state index in [4.69, 9.17) is 10.5 Å². The third kappa shape index (κ3) is 2.60. The molecule has 0 radical (unpaired) electrons. The molecule has 1 aromatic heterocycles. The fourth-order valence-electron chi connectivity index (χ4n) is 2.30. The number of aromatic nitrogens is 1. The molecule has 0 aliphatic heterocycles. The molecule has 4 nitrogen and oxygen atoms in total. The van der Waals surface area contributed by atoms with Crippen LogP contribution in [0.1, 0.15) is 6.92 Å². The van der Waals surface area contributed by atoms with E-state index in [-0.39, 0.29) is 0 Å². The molecule has 21 heavy (non-hydrogen) atoms. The zero-order valence-electron chi connectivity index (χ0n) is 11.8. The summed E-state index contributed by atoms with van der Waals surface area (Å²) in [5.74, 6) is 0.828. The second-order valence-corrected chi connectivity index (χ2v) is 4.66. The minimum Gasteiger partial charge on any atom is -0.492 e. The number of para-hydroxylation sites is 3. The lowest BCUT2D eigenvalue weighted by Crippen LogP contribution is -1.99. The standard InChI is InChI=1S/C17H17N3O/c1-2-21-16-9-4-3-8-15(16)20-14-10-11-19-17-12(14)6-5-7-13(17)18/h3-11H,2,18H2,1H3,(H,19,20). The number of nitrogen functional groups attached to an aromatic ring is 1. The highest BCUT2D eigenvalue weighted by Gasteiger charge is 2.07. The van der Waals surface area contributed by atoms with Gasteiger partial charge in [-0.3, -0.25) is 4.98 Å². The van der Waals surface area contributed by atoms with Gasteiger partial charge in [-0.15, -0.1) is 0 Å². The molecule has 0 bridgehead atoms. The molecule has 1 heterocycles. The van der Waals surface area contributed by atoms with Gasteiger partial charge >= 0.3 is 0 Å². The molecule has 3 rings (SSSR count). The summed E-state index contributed by atoms with van der Waals surface area (Å²) in [5, 5.41) is 4.40. The van der Waals surface area contributed by atoms with Gasteiger partial charge in [0.2, 0.25) is 0 Å². The van der Waals surface area contributed by atoms with Crippen molar-refractivity contribution in [1.82, 2.24) is 4.98 Å². The first-order valence-corrected chi connectivity index (χ1v) is 6.91. The Morgan fingerprint density at radius 1 is 1.05 bits per heavy atom. The number of rotatable bonds is 4. The van der Waals surface area contributed by atoms with Gasteiger partial charge in [-0.25, -0.2) is 0 Å². The Morgan fingerprint density at radius 2 is 1.90 bits per heavy atom. The van der Waals surface area contributed by atoms with E-state index in [2.05, 4.69) is 10.3 Å². The molecule has 0 amide bonds. The predicted octanol–water partition coefficient (Wildman–Crippen LogP) is 3.96. The molecule has 3 N–H and O–H groups in total. The maximum absolute atomic E-state index is 5.98. The van der Waals surface area contributed by atoms with Crippen LogP contribution in [0, 0.1) is 0 Å². The lowest BCUT2D eigenvalue weighted by atomic mass is 10.1. The molecule has 0 atom stereocenters. The van der Waals surface area contributed by atoms with Crippen LogP contribution in [0.4, 0.5) is 17.1 Å². The number of fused-ring (bicyclic) bond motifs is 1. The second-order valence-electron chi connectivity index (χ2n) is 4.66. The first kappa shape index (κ1) is 13.2. The van der Waals surface area contributed by atoms with Crippen LogP contribution in [0.2, 0.25) is 0 Å². The number of benzene rings is 2. The molecule has 2 aromatic carbocycles. The molecule has 0 aliphatic rings. The van der Waals surface area contributed by atoms with E-state index in [0.717, 1.165) is 28.0 Å². The third-order valence-corrected chi connectivity index (χ3v) is 3.26. The van der Waals surface area contributed by atoms with Crippen molar-refractivity contribution >= 4 is 28.0 Å². The van der Waals surface area contributed by atoms with Crippen molar-refractivity contribution in [3.63, 3.8) is 0 Å². The second kappa shape index (κ2) is 5.71. The van der Waals surface area contributed by atoms with Crippen LogP contribution in [0.5, 0.6) is 5.75 Å². The van der Waals surface area contributed by atoms with Crippen molar-refractivity contribution in [1.29, 1.82) is 0 Å². The highest BCUT2D eigenvalue weighted by atomic mass is 16.5. The van der Waals surface area contributed by atoms with Crippen LogP contribution in [0.3, 0.4) is 0 Å². The molecule has 0 spiro atoms. The summed E-state index contributed by atoms with van der Waals surface area (Å²) in [6, 6.07) is 15.6. The molecular weight excluding hydrogens is 262 g/mol. The molecule has 106 valence electrons. The Balaban J connectivity index is 2.05. The van der Waals surface area contributed by atoms with Gasteiger partial charge in [0.25, 0.3) is 0 Å². The minimum absolute atomic E-state index is 0.628. The predicted molar refractivity (Wildman–Crippen MR) is 87.0 cm³/mol. The molecule has 0 saturated heterocycles. The summed E-state index contributed by atoms with van der Waals surface area (Å²) in [6.45, 7) is 2.60. The first-order valence-electron chi connectivity index (χ1n) is 6.91. The lowest BCUT2D eigenvalue weighted by Gasteiger charge is -2.14. The van der Waals surface area contributed by atoms with E-state index in [1.54, 1.807) is 6.20 Å².